The van der Waals surface area contributed by atoms with Crippen LogP contribution in [0.15, 0.2) is 53.3 Å². The fourth-order valence-electron chi connectivity index (χ4n) is 2.69. The first kappa shape index (κ1) is 17.4. The van der Waals surface area contributed by atoms with Gasteiger partial charge in [0.05, 0.1) is 5.69 Å². The lowest BCUT2D eigenvalue weighted by Gasteiger charge is -2.06. The van der Waals surface area contributed by atoms with Gasteiger partial charge in [-0.25, -0.2) is 4.68 Å². The summed E-state index contributed by atoms with van der Waals surface area (Å²) in [4.78, 5) is 37.5. The van der Waals surface area contributed by atoms with E-state index >= 15 is 0 Å². The summed E-state index contributed by atoms with van der Waals surface area (Å²) in [6.07, 6.45) is 0. The molecule has 3 aromatic rings. The SMILES string of the molecule is Cc1ccc(NC(=O)C(=O)c2c(C)[nH]n(-c3ccccc3)c2=O)cc1C. The molecule has 0 bridgehead atoms. The number of rotatable bonds is 4. The van der Waals surface area contributed by atoms with Crippen LogP contribution in [-0.2, 0) is 4.79 Å². The van der Waals surface area contributed by atoms with Gasteiger partial charge >= 0.3 is 0 Å². The Kier molecular flexibility index (Phi) is 4.58. The summed E-state index contributed by atoms with van der Waals surface area (Å²) in [7, 11) is 0. The van der Waals surface area contributed by atoms with Gasteiger partial charge in [-0.3, -0.25) is 19.5 Å². The average Bonchev–Trinajstić information content (AvgIpc) is 2.92. The van der Waals surface area contributed by atoms with Crippen LogP contribution in [0.3, 0.4) is 0 Å². The highest BCUT2D eigenvalue weighted by molar-refractivity contribution is 6.46. The monoisotopic (exact) mass is 349 g/mol. The second kappa shape index (κ2) is 6.84. The number of nitrogens with one attached hydrogen (secondary N) is 2. The quantitative estimate of drug-likeness (QED) is 0.561. The zero-order valence-corrected chi connectivity index (χ0v) is 14.8. The Morgan fingerprint density at radius 1 is 0.962 bits per heavy atom. The average molecular weight is 349 g/mol. The van der Waals surface area contributed by atoms with E-state index in [0.29, 0.717) is 17.1 Å². The second-order valence-electron chi connectivity index (χ2n) is 6.17. The summed E-state index contributed by atoms with van der Waals surface area (Å²) in [6, 6.07) is 14.2. The molecule has 0 fully saturated rings. The number of amides is 1. The van der Waals surface area contributed by atoms with Crippen molar-refractivity contribution in [3.05, 3.63) is 81.3 Å². The Balaban J connectivity index is 1.90. The molecule has 0 saturated heterocycles. The number of hydrogen-bond donors (Lipinski definition) is 2. The van der Waals surface area contributed by atoms with E-state index in [1.807, 2.05) is 26.0 Å². The molecule has 0 aliphatic rings. The fourth-order valence-corrected chi connectivity index (χ4v) is 2.69. The van der Waals surface area contributed by atoms with E-state index < -0.39 is 17.2 Å². The van der Waals surface area contributed by atoms with E-state index in [-0.39, 0.29) is 5.56 Å². The minimum Gasteiger partial charge on any atom is -0.319 e. The van der Waals surface area contributed by atoms with Gasteiger partial charge in [0.2, 0.25) is 0 Å². The third-order valence-electron chi connectivity index (χ3n) is 4.28. The van der Waals surface area contributed by atoms with Crippen LogP contribution in [-0.4, -0.2) is 21.5 Å². The number of ketones is 1. The number of anilines is 1. The Morgan fingerprint density at radius 2 is 1.65 bits per heavy atom. The number of H-pyrrole nitrogens is 1. The molecule has 1 aromatic heterocycles. The number of nitrogens with zero attached hydrogens (tertiary/aromatic N) is 1. The molecule has 0 aliphatic heterocycles. The summed E-state index contributed by atoms with van der Waals surface area (Å²) in [5.41, 5.74) is 2.83. The number of para-hydroxylation sites is 1. The highest BCUT2D eigenvalue weighted by Crippen LogP contribution is 2.15. The number of carbonyl (C=O) groups is 2. The fraction of sp³-hybridized carbons (Fsp3) is 0.150. The molecule has 6 heteroatoms. The Morgan fingerprint density at radius 3 is 2.31 bits per heavy atom. The molecule has 2 aromatic carbocycles. The van der Waals surface area contributed by atoms with Crippen LogP contribution in [0, 0.1) is 20.8 Å². The van der Waals surface area contributed by atoms with E-state index in [4.69, 9.17) is 0 Å². The number of aromatic amines is 1. The van der Waals surface area contributed by atoms with Crippen molar-refractivity contribution in [2.24, 2.45) is 0 Å². The zero-order valence-electron chi connectivity index (χ0n) is 14.8. The number of hydrogen-bond acceptors (Lipinski definition) is 3. The number of aromatic nitrogens is 2. The van der Waals surface area contributed by atoms with Crippen LogP contribution >= 0.6 is 0 Å². The van der Waals surface area contributed by atoms with E-state index in [0.717, 1.165) is 11.1 Å². The van der Waals surface area contributed by atoms with Crippen molar-refractivity contribution < 1.29 is 9.59 Å². The molecule has 132 valence electrons. The van der Waals surface area contributed by atoms with Crippen LogP contribution in [0.4, 0.5) is 5.69 Å². The lowest BCUT2D eigenvalue weighted by molar-refractivity contribution is -0.112. The van der Waals surface area contributed by atoms with Crippen molar-refractivity contribution in [3.63, 3.8) is 0 Å². The molecule has 0 aliphatic carbocycles. The zero-order chi connectivity index (χ0) is 18.8. The van der Waals surface area contributed by atoms with Gasteiger partial charge in [0.1, 0.15) is 5.56 Å². The maximum absolute atomic E-state index is 12.6. The summed E-state index contributed by atoms with van der Waals surface area (Å²) >= 11 is 0. The second-order valence-corrected chi connectivity index (χ2v) is 6.17. The van der Waals surface area contributed by atoms with Gasteiger partial charge in [0.15, 0.2) is 0 Å². The third-order valence-corrected chi connectivity index (χ3v) is 4.28. The first-order valence-electron chi connectivity index (χ1n) is 8.18. The molecule has 0 saturated carbocycles. The lowest BCUT2D eigenvalue weighted by Crippen LogP contribution is -2.29. The normalized spacial score (nSPS) is 10.6. The van der Waals surface area contributed by atoms with Crippen molar-refractivity contribution in [2.45, 2.75) is 20.8 Å². The number of aryl methyl sites for hydroxylation is 3. The molecule has 1 amide bonds. The summed E-state index contributed by atoms with van der Waals surface area (Å²) in [6.45, 7) is 5.47. The molecule has 1 heterocycles. The topological polar surface area (TPSA) is 84.0 Å². The number of benzene rings is 2. The van der Waals surface area contributed by atoms with E-state index in [9.17, 15) is 14.4 Å². The van der Waals surface area contributed by atoms with Crippen LogP contribution in [0.25, 0.3) is 5.69 Å². The van der Waals surface area contributed by atoms with E-state index in [2.05, 4.69) is 10.4 Å². The van der Waals surface area contributed by atoms with E-state index in [1.54, 1.807) is 43.3 Å². The largest absolute Gasteiger partial charge is 0.319 e. The van der Waals surface area contributed by atoms with Crippen molar-refractivity contribution in [3.8, 4) is 5.69 Å². The summed E-state index contributed by atoms with van der Waals surface area (Å²) < 4.78 is 1.26. The number of carbonyl (C=O) groups excluding carboxylic acids is 2. The van der Waals surface area contributed by atoms with Crippen LogP contribution < -0.4 is 10.9 Å². The van der Waals surface area contributed by atoms with Gasteiger partial charge in [-0.05, 0) is 56.2 Å². The molecule has 3 rings (SSSR count). The molecule has 0 radical (unpaired) electrons. The Bertz CT molecular complexity index is 1050. The Labute approximate surface area is 150 Å². The molecular weight excluding hydrogens is 330 g/mol. The van der Waals surface area contributed by atoms with Crippen molar-refractivity contribution in [1.82, 2.24) is 9.78 Å². The van der Waals surface area contributed by atoms with Gasteiger partial charge in [-0.1, -0.05) is 24.3 Å². The predicted octanol–water partition coefficient (Wildman–Crippen LogP) is 2.91. The minimum absolute atomic E-state index is 0.157. The van der Waals surface area contributed by atoms with Crippen molar-refractivity contribution in [2.75, 3.05) is 5.32 Å². The first-order valence-corrected chi connectivity index (χ1v) is 8.18. The van der Waals surface area contributed by atoms with Crippen LogP contribution in [0.1, 0.15) is 27.2 Å². The summed E-state index contributed by atoms with van der Waals surface area (Å²) in [5.74, 6) is -1.70. The van der Waals surface area contributed by atoms with Gasteiger partial charge in [-0.15, -0.1) is 0 Å². The first-order chi connectivity index (χ1) is 12.4. The number of Topliss-reactive ketones (excluding diaryl/α,β-unsaturated/α-hetero) is 1. The molecule has 6 nitrogen and oxygen atoms in total. The molecule has 26 heavy (non-hydrogen) atoms. The van der Waals surface area contributed by atoms with Gasteiger partial charge < -0.3 is 5.32 Å². The lowest BCUT2D eigenvalue weighted by atomic mass is 10.1. The molecule has 0 spiro atoms. The Hall–Kier alpha value is -3.41. The standard InChI is InChI=1S/C20H19N3O3/c1-12-9-10-15(11-13(12)2)21-19(25)18(24)17-14(3)22-23(20(17)26)16-7-5-4-6-8-16/h4-11,22H,1-3H3,(H,21,25). The van der Waals surface area contributed by atoms with Gasteiger partial charge in [-0.2, -0.15) is 0 Å². The van der Waals surface area contributed by atoms with Crippen molar-refractivity contribution >= 4 is 17.4 Å². The predicted molar refractivity (Wildman–Crippen MR) is 100 cm³/mol. The molecule has 0 atom stereocenters. The molecule has 2 N–H and O–H groups in total. The maximum Gasteiger partial charge on any atom is 0.297 e. The van der Waals surface area contributed by atoms with Gasteiger partial charge in [0.25, 0.3) is 17.2 Å². The minimum atomic E-state index is -0.864. The van der Waals surface area contributed by atoms with Crippen molar-refractivity contribution in [1.29, 1.82) is 0 Å². The highest BCUT2D eigenvalue weighted by Gasteiger charge is 2.25. The molecular formula is C20H19N3O3. The molecule has 0 unspecified atom stereocenters. The van der Waals surface area contributed by atoms with Crippen LogP contribution in [0.5, 0.6) is 0 Å². The van der Waals surface area contributed by atoms with Gasteiger partial charge in [0, 0.05) is 11.4 Å². The van der Waals surface area contributed by atoms with Crippen LogP contribution in [0.2, 0.25) is 0 Å². The smallest absolute Gasteiger partial charge is 0.297 e. The summed E-state index contributed by atoms with van der Waals surface area (Å²) in [5, 5.41) is 5.41. The third kappa shape index (κ3) is 3.21. The highest BCUT2D eigenvalue weighted by atomic mass is 16.2. The maximum atomic E-state index is 12.6. The van der Waals surface area contributed by atoms with E-state index in [1.165, 1.54) is 4.68 Å².